The number of benzene rings is 1. The SMILES string of the molecule is Clc1ccccc1C(CI)OC1CCCCCC1. The van der Waals surface area contributed by atoms with Gasteiger partial charge in [0.1, 0.15) is 0 Å². The van der Waals surface area contributed by atoms with E-state index in [1.807, 2.05) is 18.2 Å². The van der Waals surface area contributed by atoms with E-state index in [1.165, 1.54) is 38.5 Å². The van der Waals surface area contributed by atoms with Crippen LogP contribution >= 0.6 is 34.2 Å². The monoisotopic (exact) mass is 378 g/mol. The molecule has 0 aromatic heterocycles. The van der Waals surface area contributed by atoms with Crippen molar-refractivity contribution >= 4 is 34.2 Å². The molecule has 1 aliphatic rings. The van der Waals surface area contributed by atoms with Crippen molar-refractivity contribution in [2.45, 2.75) is 50.7 Å². The Balaban J connectivity index is 2.02. The average Bonchev–Trinajstić information content (AvgIpc) is 2.65. The number of rotatable bonds is 4. The molecule has 1 aromatic carbocycles. The van der Waals surface area contributed by atoms with Crippen LogP contribution in [0.5, 0.6) is 0 Å². The maximum atomic E-state index is 6.30. The van der Waals surface area contributed by atoms with Gasteiger partial charge in [-0.05, 0) is 18.9 Å². The number of hydrogen-bond acceptors (Lipinski definition) is 1. The second kappa shape index (κ2) is 7.71. The second-order valence-corrected chi connectivity index (χ2v) is 6.20. The fourth-order valence-corrected chi connectivity index (χ4v) is 3.48. The quantitative estimate of drug-likeness (QED) is 0.379. The highest BCUT2D eigenvalue weighted by atomic mass is 127. The third-order valence-electron chi connectivity index (χ3n) is 3.55. The highest BCUT2D eigenvalue weighted by Gasteiger charge is 2.20. The van der Waals surface area contributed by atoms with Gasteiger partial charge in [0.2, 0.25) is 0 Å². The molecule has 3 heteroatoms. The Morgan fingerprint density at radius 1 is 1.17 bits per heavy atom. The van der Waals surface area contributed by atoms with Crippen molar-refractivity contribution in [3.8, 4) is 0 Å². The molecular weight excluding hydrogens is 359 g/mol. The third kappa shape index (κ3) is 4.10. The number of alkyl halides is 1. The van der Waals surface area contributed by atoms with Gasteiger partial charge >= 0.3 is 0 Å². The van der Waals surface area contributed by atoms with Gasteiger partial charge in [-0.15, -0.1) is 0 Å². The molecule has 0 N–H and O–H groups in total. The van der Waals surface area contributed by atoms with E-state index in [2.05, 4.69) is 28.7 Å². The Morgan fingerprint density at radius 2 is 1.83 bits per heavy atom. The molecule has 18 heavy (non-hydrogen) atoms. The Hall–Kier alpha value is 0.200. The van der Waals surface area contributed by atoms with Crippen LogP contribution in [0.1, 0.15) is 50.2 Å². The van der Waals surface area contributed by atoms with Gasteiger partial charge < -0.3 is 4.74 Å². The van der Waals surface area contributed by atoms with Crippen molar-refractivity contribution < 1.29 is 4.74 Å². The van der Waals surface area contributed by atoms with E-state index in [1.54, 1.807) is 0 Å². The topological polar surface area (TPSA) is 9.23 Å². The molecule has 0 heterocycles. The van der Waals surface area contributed by atoms with Crippen LogP contribution in [0.15, 0.2) is 24.3 Å². The molecule has 1 fully saturated rings. The molecule has 1 nitrogen and oxygen atoms in total. The highest BCUT2D eigenvalue weighted by molar-refractivity contribution is 14.1. The highest BCUT2D eigenvalue weighted by Crippen LogP contribution is 2.31. The van der Waals surface area contributed by atoms with Crippen LogP contribution in [-0.4, -0.2) is 10.5 Å². The van der Waals surface area contributed by atoms with Gasteiger partial charge in [-0.1, -0.05) is 78.1 Å². The third-order valence-corrected chi connectivity index (χ3v) is 4.70. The molecule has 0 amide bonds. The maximum absolute atomic E-state index is 6.30. The minimum atomic E-state index is 0.141. The van der Waals surface area contributed by atoms with E-state index in [9.17, 15) is 0 Å². The van der Waals surface area contributed by atoms with Crippen LogP contribution in [0.2, 0.25) is 5.02 Å². The zero-order chi connectivity index (χ0) is 12.8. The van der Waals surface area contributed by atoms with Crippen molar-refractivity contribution in [3.05, 3.63) is 34.9 Å². The Bertz CT molecular complexity index is 361. The normalized spacial score (nSPS) is 19.4. The summed E-state index contributed by atoms with van der Waals surface area (Å²) in [4.78, 5) is 0. The summed E-state index contributed by atoms with van der Waals surface area (Å²) in [5, 5.41) is 0.827. The summed E-state index contributed by atoms with van der Waals surface area (Å²) in [5.41, 5.74) is 1.14. The van der Waals surface area contributed by atoms with E-state index < -0.39 is 0 Å². The standard InChI is InChI=1S/C15H20ClIO/c16-14-10-6-5-9-13(14)15(11-17)18-12-7-3-1-2-4-8-12/h5-6,9-10,12,15H,1-4,7-8,11H2. The fraction of sp³-hybridized carbons (Fsp3) is 0.600. The van der Waals surface area contributed by atoms with Crippen molar-refractivity contribution in [2.24, 2.45) is 0 Å². The van der Waals surface area contributed by atoms with Crippen molar-refractivity contribution in [2.75, 3.05) is 4.43 Å². The van der Waals surface area contributed by atoms with E-state index in [0.29, 0.717) is 6.10 Å². The van der Waals surface area contributed by atoms with E-state index in [0.717, 1.165) is 15.0 Å². The van der Waals surface area contributed by atoms with Crippen LogP contribution in [0.4, 0.5) is 0 Å². The Kier molecular flexibility index (Phi) is 6.25. The van der Waals surface area contributed by atoms with Crippen LogP contribution < -0.4 is 0 Å². The molecule has 0 aliphatic heterocycles. The Morgan fingerprint density at radius 3 is 2.44 bits per heavy atom. The number of ether oxygens (including phenoxy) is 1. The van der Waals surface area contributed by atoms with Crippen LogP contribution in [0.3, 0.4) is 0 Å². The molecule has 0 saturated heterocycles. The second-order valence-electron chi connectivity index (χ2n) is 4.91. The van der Waals surface area contributed by atoms with Crippen molar-refractivity contribution in [1.29, 1.82) is 0 Å². The molecule has 1 aliphatic carbocycles. The minimum Gasteiger partial charge on any atom is -0.369 e. The number of hydrogen-bond donors (Lipinski definition) is 0. The molecule has 1 unspecified atom stereocenters. The smallest absolute Gasteiger partial charge is 0.0932 e. The minimum absolute atomic E-state index is 0.141. The van der Waals surface area contributed by atoms with Crippen molar-refractivity contribution in [1.82, 2.24) is 0 Å². The van der Waals surface area contributed by atoms with E-state index >= 15 is 0 Å². The molecule has 1 atom stereocenters. The van der Waals surface area contributed by atoms with Crippen LogP contribution in [-0.2, 0) is 4.74 Å². The van der Waals surface area contributed by atoms with Gasteiger partial charge in [0, 0.05) is 15.0 Å². The summed E-state index contributed by atoms with van der Waals surface area (Å²) in [6, 6.07) is 8.05. The van der Waals surface area contributed by atoms with Crippen LogP contribution in [0, 0.1) is 0 Å². The summed E-state index contributed by atoms with van der Waals surface area (Å²) in [5.74, 6) is 0. The molecule has 2 rings (SSSR count). The summed E-state index contributed by atoms with van der Waals surface area (Å²) in [7, 11) is 0. The molecule has 100 valence electrons. The summed E-state index contributed by atoms with van der Waals surface area (Å²) in [6.45, 7) is 0. The van der Waals surface area contributed by atoms with E-state index in [-0.39, 0.29) is 6.10 Å². The zero-order valence-corrected chi connectivity index (χ0v) is 13.5. The first-order chi connectivity index (χ1) is 8.81. The predicted octanol–water partition coefficient (Wildman–Crippen LogP) is 5.56. The van der Waals surface area contributed by atoms with Crippen molar-refractivity contribution in [3.63, 3.8) is 0 Å². The number of halogens is 2. The van der Waals surface area contributed by atoms with Gasteiger partial charge in [0.05, 0.1) is 12.2 Å². The molecule has 1 saturated carbocycles. The van der Waals surface area contributed by atoms with E-state index in [4.69, 9.17) is 16.3 Å². The van der Waals surface area contributed by atoms with Gasteiger partial charge in [0.25, 0.3) is 0 Å². The first kappa shape index (κ1) is 14.6. The summed E-state index contributed by atoms with van der Waals surface area (Å²) < 4.78 is 7.25. The fourth-order valence-electron chi connectivity index (χ4n) is 2.54. The first-order valence-electron chi connectivity index (χ1n) is 6.77. The average molecular weight is 379 g/mol. The summed E-state index contributed by atoms with van der Waals surface area (Å²) in [6.07, 6.45) is 8.31. The maximum Gasteiger partial charge on any atom is 0.0932 e. The lowest BCUT2D eigenvalue weighted by Crippen LogP contribution is -2.17. The molecular formula is C15H20ClIO. The van der Waals surface area contributed by atoms with Gasteiger partial charge in [-0.2, -0.15) is 0 Å². The molecule has 0 bridgehead atoms. The first-order valence-corrected chi connectivity index (χ1v) is 8.67. The molecule has 0 radical (unpaired) electrons. The van der Waals surface area contributed by atoms with Gasteiger partial charge in [0.15, 0.2) is 0 Å². The lowest BCUT2D eigenvalue weighted by Gasteiger charge is -2.23. The predicted molar refractivity (Wildman–Crippen MR) is 85.7 cm³/mol. The Labute approximate surface area is 128 Å². The zero-order valence-electron chi connectivity index (χ0n) is 10.6. The van der Waals surface area contributed by atoms with Gasteiger partial charge in [-0.3, -0.25) is 0 Å². The summed E-state index contributed by atoms with van der Waals surface area (Å²) >= 11 is 8.66. The van der Waals surface area contributed by atoms with Crippen LogP contribution in [0.25, 0.3) is 0 Å². The molecule has 0 spiro atoms. The largest absolute Gasteiger partial charge is 0.369 e. The lowest BCUT2D eigenvalue weighted by molar-refractivity contribution is -0.00700. The van der Waals surface area contributed by atoms with Gasteiger partial charge in [-0.25, -0.2) is 0 Å². The molecule has 1 aromatic rings. The lowest BCUT2D eigenvalue weighted by atomic mass is 10.1.